The third-order valence-electron chi connectivity index (χ3n) is 4.40. The predicted octanol–water partition coefficient (Wildman–Crippen LogP) is 3.49. The van der Waals surface area contributed by atoms with Gasteiger partial charge in [0.15, 0.2) is 0 Å². The van der Waals surface area contributed by atoms with Gasteiger partial charge in [0.1, 0.15) is 12.4 Å². The first kappa shape index (κ1) is 16.1. The topological polar surface area (TPSA) is 67.2 Å². The Labute approximate surface area is 141 Å². The summed E-state index contributed by atoms with van der Waals surface area (Å²) in [6.45, 7) is 5.76. The fourth-order valence-corrected chi connectivity index (χ4v) is 3.22. The molecular weight excluding hydrogens is 312 g/mol. The van der Waals surface area contributed by atoms with Crippen LogP contribution in [0.5, 0.6) is 5.75 Å². The van der Waals surface area contributed by atoms with E-state index >= 15 is 0 Å². The normalized spacial score (nSPS) is 15.7. The Kier molecular flexibility index (Phi) is 5.08. The fourth-order valence-electron chi connectivity index (χ4n) is 2.95. The maximum absolute atomic E-state index is 6.49. The lowest BCUT2D eigenvalue weighted by molar-refractivity contribution is 0.183. The van der Waals surface area contributed by atoms with Crippen molar-refractivity contribution in [1.82, 2.24) is 15.1 Å². The summed E-state index contributed by atoms with van der Waals surface area (Å²) < 4.78 is 6.05. The zero-order valence-corrected chi connectivity index (χ0v) is 14.2. The first-order valence-electron chi connectivity index (χ1n) is 8.10. The lowest BCUT2D eigenvalue weighted by Gasteiger charge is -2.26. The van der Waals surface area contributed by atoms with Crippen molar-refractivity contribution in [2.24, 2.45) is 0 Å². The molecule has 6 heteroatoms. The van der Waals surface area contributed by atoms with E-state index in [1.54, 1.807) is 6.20 Å². The van der Waals surface area contributed by atoms with Gasteiger partial charge in [0.25, 0.3) is 0 Å². The molecule has 3 rings (SSSR count). The molecule has 23 heavy (non-hydrogen) atoms. The zero-order valence-electron chi connectivity index (χ0n) is 13.4. The van der Waals surface area contributed by atoms with Gasteiger partial charge in [-0.1, -0.05) is 18.0 Å². The van der Waals surface area contributed by atoms with Crippen LogP contribution in [0.3, 0.4) is 0 Å². The van der Waals surface area contributed by atoms with Gasteiger partial charge in [0.05, 0.1) is 10.7 Å². The number of nitrogen functional groups attached to an aromatic ring is 1. The SMILES string of the molecule is Cc1c(N)cc(-c2ccn[nH]2)c(OCCN2CCCCC2)c1Cl. The summed E-state index contributed by atoms with van der Waals surface area (Å²) in [6.07, 6.45) is 5.60. The van der Waals surface area contributed by atoms with Crippen molar-refractivity contribution in [1.29, 1.82) is 0 Å². The third kappa shape index (κ3) is 3.62. The number of piperidine rings is 1. The van der Waals surface area contributed by atoms with E-state index in [0.29, 0.717) is 23.1 Å². The molecular formula is C17H23ClN4O. The van der Waals surface area contributed by atoms with Crippen LogP contribution in [0.25, 0.3) is 11.3 Å². The maximum atomic E-state index is 6.49. The molecule has 0 amide bonds. The Morgan fingerprint density at radius 1 is 1.35 bits per heavy atom. The Morgan fingerprint density at radius 3 is 2.83 bits per heavy atom. The van der Waals surface area contributed by atoms with Gasteiger partial charge in [0, 0.05) is 24.0 Å². The number of aromatic nitrogens is 2. The second-order valence-electron chi connectivity index (χ2n) is 6.00. The van der Waals surface area contributed by atoms with Crippen LogP contribution in [0.15, 0.2) is 18.3 Å². The molecule has 5 nitrogen and oxygen atoms in total. The van der Waals surface area contributed by atoms with Crippen molar-refractivity contribution in [3.8, 4) is 17.0 Å². The van der Waals surface area contributed by atoms with Crippen molar-refractivity contribution in [3.63, 3.8) is 0 Å². The summed E-state index contributed by atoms with van der Waals surface area (Å²) in [4.78, 5) is 2.44. The first-order valence-corrected chi connectivity index (χ1v) is 8.48. The van der Waals surface area contributed by atoms with Crippen LogP contribution in [-0.2, 0) is 0 Å². The number of nitrogens with one attached hydrogen (secondary N) is 1. The number of likely N-dealkylation sites (tertiary alicyclic amines) is 1. The number of aromatic amines is 1. The van der Waals surface area contributed by atoms with E-state index in [1.807, 2.05) is 19.1 Å². The smallest absolute Gasteiger partial charge is 0.147 e. The number of hydrogen-bond acceptors (Lipinski definition) is 4. The highest BCUT2D eigenvalue weighted by Gasteiger charge is 2.17. The number of nitrogens with zero attached hydrogens (tertiary/aromatic N) is 2. The molecule has 0 aliphatic carbocycles. The average Bonchev–Trinajstić information content (AvgIpc) is 3.10. The second-order valence-corrected chi connectivity index (χ2v) is 6.38. The molecule has 1 fully saturated rings. The average molecular weight is 335 g/mol. The molecule has 3 N–H and O–H groups in total. The minimum absolute atomic E-state index is 0.577. The summed E-state index contributed by atoms with van der Waals surface area (Å²) in [5, 5.41) is 7.53. The second kappa shape index (κ2) is 7.23. The van der Waals surface area contributed by atoms with Gasteiger partial charge in [-0.3, -0.25) is 10.00 Å². The molecule has 0 saturated carbocycles. The van der Waals surface area contributed by atoms with Crippen LogP contribution in [0, 0.1) is 6.92 Å². The zero-order chi connectivity index (χ0) is 16.2. The van der Waals surface area contributed by atoms with E-state index in [4.69, 9.17) is 22.1 Å². The lowest BCUT2D eigenvalue weighted by atomic mass is 10.1. The van der Waals surface area contributed by atoms with Gasteiger partial charge in [-0.05, 0) is 50.6 Å². The summed E-state index contributed by atoms with van der Waals surface area (Å²) in [7, 11) is 0. The molecule has 0 spiro atoms. The monoisotopic (exact) mass is 334 g/mol. The summed E-state index contributed by atoms with van der Waals surface area (Å²) in [6, 6.07) is 3.78. The van der Waals surface area contributed by atoms with Crippen LogP contribution < -0.4 is 10.5 Å². The molecule has 2 heterocycles. The Balaban J connectivity index is 1.78. The molecule has 0 radical (unpaired) electrons. The van der Waals surface area contributed by atoms with Crippen LogP contribution >= 0.6 is 11.6 Å². The molecule has 1 aliphatic rings. The van der Waals surface area contributed by atoms with Crippen LogP contribution in [0.1, 0.15) is 24.8 Å². The number of benzene rings is 1. The number of halogens is 1. The molecule has 1 aromatic carbocycles. The lowest BCUT2D eigenvalue weighted by Crippen LogP contribution is -2.33. The highest BCUT2D eigenvalue weighted by atomic mass is 35.5. The molecule has 1 saturated heterocycles. The van der Waals surface area contributed by atoms with Crippen molar-refractivity contribution < 1.29 is 4.74 Å². The van der Waals surface area contributed by atoms with Gasteiger partial charge in [-0.15, -0.1) is 0 Å². The first-order chi connectivity index (χ1) is 11.2. The largest absolute Gasteiger partial charge is 0.490 e. The maximum Gasteiger partial charge on any atom is 0.147 e. The number of rotatable bonds is 5. The van der Waals surface area contributed by atoms with Crippen LogP contribution in [0.4, 0.5) is 5.69 Å². The van der Waals surface area contributed by atoms with Crippen molar-refractivity contribution >= 4 is 17.3 Å². The molecule has 1 aromatic heterocycles. The molecule has 2 aromatic rings. The van der Waals surface area contributed by atoms with Gasteiger partial charge >= 0.3 is 0 Å². The number of anilines is 1. The van der Waals surface area contributed by atoms with E-state index < -0.39 is 0 Å². The Bertz CT molecular complexity index is 651. The predicted molar refractivity (Wildman–Crippen MR) is 94.0 cm³/mol. The number of H-pyrrole nitrogens is 1. The molecule has 0 unspecified atom stereocenters. The highest BCUT2D eigenvalue weighted by molar-refractivity contribution is 6.33. The van der Waals surface area contributed by atoms with E-state index in [-0.39, 0.29) is 0 Å². The van der Waals surface area contributed by atoms with E-state index in [1.165, 1.54) is 19.3 Å². The van der Waals surface area contributed by atoms with E-state index in [2.05, 4.69) is 15.1 Å². The van der Waals surface area contributed by atoms with Crippen molar-refractivity contribution in [2.45, 2.75) is 26.2 Å². The number of hydrogen-bond donors (Lipinski definition) is 2. The standard InChI is InChI=1S/C17H23ClN4O/c1-12-14(19)11-13(15-5-6-20-21-15)17(16(12)18)23-10-9-22-7-3-2-4-8-22/h5-6,11H,2-4,7-10,19H2,1H3,(H,20,21). The summed E-state index contributed by atoms with van der Waals surface area (Å²) in [5.41, 5.74) is 9.27. The van der Waals surface area contributed by atoms with Crippen LogP contribution in [0.2, 0.25) is 5.02 Å². The summed E-state index contributed by atoms with van der Waals surface area (Å²) >= 11 is 6.49. The van der Waals surface area contributed by atoms with E-state index in [0.717, 1.165) is 36.5 Å². The van der Waals surface area contributed by atoms with Crippen molar-refractivity contribution in [2.75, 3.05) is 32.0 Å². The quantitative estimate of drug-likeness (QED) is 0.821. The van der Waals surface area contributed by atoms with Crippen molar-refractivity contribution in [3.05, 3.63) is 28.9 Å². The fraction of sp³-hybridized carbons (Fsp3) is 0.471. The minimum atomic E-state index is 0.577. The Morgan fingerprint density at radius 2 is 2.13 bits per heavy atom. The number of nitrogens with two attached hydrogens (primary N) is 1. The van der Waals surface area contributed by atoms with Crippen LogP contribution in [-0.4, -0.2) is 41.3 Å². The molecule has 0 atom stereocenters. The highest BCUT2D eigenvalue weighted by Crippen LogP contribution is 2.40. The summed E-state index contributed by atoms with van der Waals surface area (Å²) in [5.74, 6) is 0.680. The van der Waals surface area contributed by atoms with Gasteiger partial charge < -0.3 is 10.5 Å². The number of ether oxygens (including phenoxy) is 1. The third-order valence-corrected chi connectivity index (χ3v) is 4.85. The van der Waals surface area contributed by atoms with Gasteiger partial charge in [-0.2, -0.15) is 5.10 Å². The minimum Gasteiger partial charge on any atom is -0.490 e. The molecule has 1 aliphatic heterocycles. The molecule has 0 bridgehead atoms. The molecule has 124 valence electrons. The van der Waals surface area contributed by atoms with Gasteiger partial charge in [0.2, 0.25) is 0 Å². The van der Waals surface area contributed by atoms with E-state index in [9.17, 15) is 0 Å². The van der Waals surface area contributed by atoms with Gasteiger partial charge in [-0.25, -0.2) is 0 Å². The Hall–Kier alpha value is -1.72.